The quantitative estimate of drug-likeness (QED) is 0.381. The van der Waals surface area contributed by atoms with Crippen LogP contribution in [0, 0.1) is 0 Å². The van der Waals surface area contributed by atoms with Crippen LogP contribution in [0.2, 0.25) is 0 Å². The number of methoxy groups -OCH3 is 1. The first kappa shape index (κ1) is 7.21. The van der Waals surface area contributed by atoms with Gasteiger partial charge in [-0.25, -0.2) is 4.79 Å². The Balaban J connectivity index is 2.55. The Hall–Kier alpha value is -0.900. The van der Waals surface area contributed by atoms with Crippen LogP contribution < -0.4 is 5.32 Å². The Morgan fingerprint density at radius 2 is 2.50 bits per heavy atom. The van der Waals surface area contributed by atoms with Crippen molar-refractivity contribution in [2.75, 3.05) is 13.7 Å². The molecule has 4 heteroatoms. The highest BCUT2D eigenvalue weighted by Crippen LogP contribution is 2.01. The third-order valence-electron chi connectivity index (χ3n) is 1.48. The summed E-state index contributed by atoms with van der Waals surface area (Å²) in [6.07, 6.45) is 0.430. The highest BCUT2D eigenvalue weighted by atomic mass is 16.5. The fraction of sp³-hybridized carbons (Fsp3) is 0.667. The Morgan fingerprint density at radius 3 is 2.90 bits per heavy atom. The summed E-state index contributed by atoms with van der Waals surface area (Å²) in [6.45, 7) is 0.582. The highest BCUT2D eigenvalue weighted by molar-refractivity contribution is 6.04. The molecule has 4 nitrogen and oxygen atoms in total. The van der Waals surface area contributed by atoms with Gasteiger partial charge < -0.3 is 4.74 Å². The van der Waals surface area contributed by atoms with Crippen molar-refractivity contribution >= 4 is 11.8 Å². The van der Waals surface area contributed by atoms with E-state index in [4.69, 9.17) is 0 Å². The van der Waals surface area contributed by atoms with Gasteiger partial charge in [0.05, 0.1) is 7.11 Å². The van der Waals surface area contributed by atoms with E-state index in [0.29, 0.717) is 13.0 Å². The summed E-state index contributed by atoms with van der Waals surface area (Å²) in [5, 5.41) is 2.73. The van der Waals surface area contributed by atoms with Gasteiger partial charge in [-0.05, 0) is 0 Å². The van der Waals surface area contributed by atoms with Crippen molar-refractivity contribution in [1.29, 1.82) is 0 Å². The van der Waals surface area contributed by atoms with Crippen LogP contribution in [0.15, 0.2) is 0 Å². The molecule has 56 valence electrons. The van der Waals surface area contributed by atoms with Crippen LogP contribution in [0.3, 0.4) is 0 Å². The number of hydrogen-bond donors (Lipinski definition) is 1. The number of nitrogens with one attached hydrogen (secondary N) is 1. The molecule has 1 aliphatic heterocycles. The number of carbonyl (C=O) groups excluding carboxylic acids is 2. The van der Waals surface area contributed by atoms with Crippen LogP contribution in [0.1, 0.15) is 6.42 Å². The predicted octanol–water partition coefficient (Wildman–Crippen LogP) is -0.910. The molecule has 1 aliphatic rings. The highest BCUT2D eigenvalue weighted by Gasteiger charge is 2.30. The predicted molar refractivity (Wildman–Crippen MR) is 33.4 cm³/mol. The lowest BCUT2D eigenvalue weighted by molar-refractivity contribution is -0.145. The van der Waals surface area contributed by atoms with E-state index in [1.54, 1.807) is 0 Å². The third-order valence-corrected chi connectivity index (χ3v) is 1.48. The van der Waals surface area contributed by atoms with Crippen molar-refractivity contribution in [2.24, 2.45) is 0 Å². The minimum atomic E-state index is -0.704. The summed E-state index contributed by atoms with van der Waals surface area (Å²) in [6, 6.07) is -0.704. The Morgan fingerprint density at radius 1 is 1.80 bits per heavy atom. The normalized spacial score (nSPS) is 24.9. The van der Waals surface area contributed by atoms with Crippen LogP contribution in [0.5, 0.6) is 0 Å². The second-order valence-corrected chi connectivity index (χ2v) is 2.13. The molecule has 0 unspecified atom stereocenters. The number of ketones is 1. The van der Waals surface area contributed by atoms with E-state index in [-0.39, 0.29) is 5.78 Å². The maximum Gasteiger partial charge on any atom is 0.330 e. The average Bonchev–Trinajstić information content (AvgIpc) is 2.34. The number of hydrogen-bond acceptors (Lipinski definition) is 4. The molecule has 10 heavy (non-hydrogen) atoms. The minimum absolute atomic E-state index is 0.0770. The van der Waals surface area contributed by atoms with Gasteiger partial charge in [0.1, 0.15) is 0 Å². The second kappa shape index (κ2) is 2.79. The Kier molecular flexibility index (Phi) is 2.01. The molecule has 0 bridgehead atoms. The lowest BCUT2D eigenvalue weighted by atomic mass is 10.2. The molecule has 0 amide bonds. The van der Waals surface area contributed by atoms with Crippen molar-refractivity contribution in [3.05, 3.63) is 0 Å². The fourth-order valence-corrected chi connectivity index (χ4v) is 0.931. The van der Waals surface area contributed by atoms with Gasteiger partial charge in [-0.1, -0.05) is 0 Å². The summed E-state index contributed by atoms with van der Waals surface area (Å²) in [5.41, 5.74) is 0. The zero-order valence-electron chi connectivity index (χ0n) is 5.72. The van der Waals surface area contributed by atoms with Gasteiger partial charge in [-0.3, -0.25) is 10.1 Å². The SMILES string of the molecule is COC(=O)[C@H]1NCCC1=O. The largest absolute Gasteiger partial charge is 0.468 e. The van der Waals surface area contributed by atoms with Gasteiger partial charge in [0.2, 0.25) is 0 Å². The Labute approximate surface area is 58.5 Å². The third kappa shape index (κ3) is 1.16. The van der Waals surface area contributed by atoms with E-state index in [0.717, 1.165) is 0 Å². The van der Waals surface area contributed by atoms with Gasteiger partial charge in [0, 0.05) is 13.0 Å². The zero-order valence-corrected chi connectivity index (χ0v) is 5.72. The summed E-state index contributed by atoms with van der Waals surface area (Å²) < 4.78 is 4.38. The van der Waals surface area contributed by atoms with Crippen LogP contribution in [-0.2, 0) is 14.3 Å². The molecule has 1 heterocycles. The van der Waals surface area contributed by atoms with E-state index < -0.39 is 12.0 Å². The summed E-state index contributed by atoms with van der Waals surface area (Å²) in [4.78, 5) is 21.5. The van der Waals surface area contributed by atoms with E-state index in [1.807, 2.05) is 0 Å². The molecule has 0 aromatic carbocycles. The molecule has 1 fully saturated rings. The molecule has 0 aromatic heterocycles. The molecule has 0 aromatic rings. The van der Waals surface area contributed by atoms with Gasteiger partial charge in [-0.2, -0.15) is 0 Å². The molecule has 1 rings (SSSR count). The smallest absolute Gasteiger partial charge is 0.330 e. The summed E-state index contributed by atoms with van der Waals surface area (Å²) in [5.74, 6) is -0.561. The first-order valence-electron chi connectivity index (χ1n) is 3.09. The lowest BCUT2D eigenvalue weighted by Gasteiger charge is -2.03. The van der Waals surface area contributed by atoms with Gasteiger partial charge >= 0.3 is 5.97 Å². The number of rotatable bonds is 1. The van der Waals surface area contributed by atoms with Crippen LogP contribution >= 0.6 is 0 Å². The molecule has 0 saturated carbocycles. The van der Waals surface area contributed by atoms with Crippen LogP contribution in [0.25, 0.3) is 0 Å². The summed E-state index contributed by atoms with van der Waals surface area (Å²) >= 11 is 0. The number of ether oxygens (including phenoxy) is 1. The van der Waals surface area contributed by atoms with Crippen molar-refractivity contribution in [3.8, 4) is 0 Å². The molecule has 1 atom stereocenters. The lowest BCUT2D eigenvalue weighted by Crippen LogP contribution is -2.36. The first-order valence-corrected chi connectivity index (χ1v) is 3.09. The average molecular weight is 143 g/mol. The van der Waals surface area contributed by atoms with E-state index in [1.165, 1.54) is 7.11 Å². The molecule has 0 spiro atoms. The molecular weight excluding hydrogens is 134 g/mol. The van der Waals surface area contributed by atoms with Crippen molar-refractivity contribution in [1.82, 2.24) is 5.32 Å². The van der Waals surface area contributed by atoms with E-state index in [9.17, 15) is 9.59 Å². The zero-order chi connectivity index (χ0) is 7.56. The van der Waals surface area contributed by atoms with Crippen molar-refractivity contribution < 1.29 is 14.3 Å². The van der Waals surface area contributed by atoms with Gasteiger partial charge in [0.25, 0.3) is 0 Å². The number of Topliss-reactive ketones (excluding diaryl/α,β-unsaturated/α-hetero) is 1. The molecule has 0 aliphatic carbocycles. The summed E-state index contributed by atoms with van der Waals surface area (Å²) in [7, 11) is 1.27. The minimum Gasteiger partial charge on any atom is -0.468 e. The maximum absolute atomic E-state index is 10.8. The maximum atomic E-state index is 10.8. The first-order chi connectivity index (χ1) is 4.75. The molecule has 0 radical (unpaired) electrons. The van der Waals surface area contributed by atoms with Crippen LogP contribution in [0.4, 0.5) is 0 Å². The number of esters is 1. The molecule has 1 N–H and O–H groups in total. The Bertz CT molecular complexity index is 166. The van der Waals surface area contributed by atoms with Crippen molar-refractivity contribution in [2.45, 2.75) is 12.5 Å². The van der Waals surface area contributed by atoms with Crippen LogP contribution in [-0.4, -0.2) is 31.4 Å². The van der Waals surface area contributed by atoms with E-state index >= 15 is 0 Å². The molecule has 1 saturated heterocycles. The monoisotopic (exact) mass is 143 g/mol. The molecular formula is C6H9NO3. The van der Waals surface area contributed by atoms with E-state index in [2.05, 4.69) is 10.1 Å². The fourth-order valence-electron chi connectivity index (χ4n) is 0.931. The number of carbonyl (C=O) groups is 2. The second-order valence-electron chi connectivity index (χ2n) is 2.13. The topological polar surface area (TPSA) is 55.4 Å². The van der Waals surface area contributed by atoms with Gasteiger partial charge in [-0.15, -0.1) is 0 Å². The standard InChI is InChI=1S/C6H9NO3/c1-10-6(9)5-4(8)2-3-7-5/h5,7H,2-3H2,1H3/t5-/m0/s1. The van der Waals surface area contributed by atoms with Gasteiger partial charge in [0.15, 0.2) is 11.8 Å². The van der Waals surface area contributed by atoms with Crippen molar-refractivity contribution in [3.63, 3.8) is 0 Å².